The third-order valence-electron chi connectivity index (χ3n) is 5.61. The van der Waals surface area contributed by atoms with Gasteiger partial charge in [0.15, 0.2) is 0 Å². The number of esters is 1. The summed E-state index contributed by atoms with van der Waals surface area (Å²) >= 11 is 0. The molecule has 0 amide bonds. The molecule has 172 valence electrons. The second-order valence-corrected chi connectivity index (χ2v) is 7.93. The number of Topliss-reactive ketones (excluding diaryl/α,β-unsaturated/α-hetero) is 1. The maximum atomic E-state index is 12.4. The molecule has 0 radical (unpaired) electrons. The van der Waals surface area contributed by atoms with Crippen LogP contribution in [-0.2, 0) is 27.2 Å². The van der Waals surface area contributed by atoms with Gasteiger partial charge in [-0.2, -0.15) is 0 Å². The van der Waals surface area contributed by atoms with E-state index in [0.29, 0.717) is 24.8 Å². The fourth-order valence-electron chi connectivity index (χ4n) is 3.84. The number of methoxy groups -OCH3 is 1. The molecule has 0 saturated carbocycles. The van der Waals surface area contributed by atoms with Crippen LogP contribution in [0.25, 0.3) is 0 Å². The van der Waals surface area contributed by atoms with Gasteiger partial charge in [0.05, 0.1) is 19.6 Å². The van der Waals surface area contributed by atoms with E-state index in [1.165, 1.54) is 12.7 Å². The highest BCUT2D eigenvalue weighted by atomic mass is 16.5. The largest absolute Gasteiger partial charge is 0.467 e. The Morgan fingerprint density at radius 1 is 1.16 bits per heavy atom. The molecule has 0 saturated heterocycles. The van der Waals surface area contributed by atoms with Crippen molar-refractivity contribution >= 4 is 17.6 Å². The van der Waals surface area contributed by atoms with Gasteiger partial charge in [-0.15, -0.1) is 0 Å². The molecule has 1 aliphatic heterocycles. The first-order valence-electron chi connectivity index (χ1n) is 11.4. The van der Waals surface area contributed by atoms with Crippen molar-refractivity contribution in [1.29, 1.82) is 0 Å². The van der Waals surface area contributed by atoms with Crippen molar-refractivity contribution in [1.82, 2.24) is 15.0 Å². The minimum absolute atomic E-state index is 0.147. The molecule has 8 nitrogen and oxygen atoms in total. The number of hydrogen-bond donors (Lipinski definition) is 1. The van der Waals surface area contributed by atoms with Crippen LogP contribution >= 0.6 is 0 Å². The Balaban J connectivity index is 1.44. The summed E-state index contributed by atoms with van der Waals surface area (Å²) < 4.78 is 10.2. The zero-order chi connectivity index (χ0) is 22.8. The summed E-state index contributed by atoms with van der Waals surface area (Å²) in [4.78, 5) is 37.7. The SMILES string of the molecule is CCOC(=O)[C@H](CCC(=O)CCCCc1ccc2c(n1)NCCC2)c1cnc(OC)nc1. The quantitative estimate of drug-likeness (QED) is 0.394. The molecular weight excluding hydrogens is 408 g/mol. The second kappa shape index (κ2) is 12.1. The number of aryl methyl sites for hydroxylation is 2. The summed E-state index contributed by atoms with van der Waals surface area (Å²) in [5.74, 6) is 0.240. The first-order chi connectivity index (χ1) is 15.6. The molecule has 0 aliphatic carbocycles. The van der Waals surface area contributed by atoms with E-state index in [2.05, 4.69) is 27.4 Å². The average molecular weight is 441 g/mol. The van der Waals surface area contributed by atoms with Gasteiger partial charge in [-0.05, 0) is 57.1 Å². The van der Waals surface area contributed by atoms with Crippen LogP contribution in [0.4, 0.5) is 5.82 Å². The molecule has 2 aromatic rings. The minimum atomic E-state index is -0.558. The van der Waals surface area contributed by atoms with E-state index in [-0.39, 0.29) is 24.4 Å². The zero-order valence-corrected chi connectivity index (χ0v) is 18.9. The molecule has 3 rings (SSSR count). The van der Waals surface area contributed by atoms with Gasteiger partial charge < -0.3 is 14.8 Å². The second-order valence-electron chi connectivity index (χ2n) is 7.93. The predicted molar refractivity (Wildman–Crippen MR) is 121 cm³/mol. The van der Waals surface area contributed by atoms with Crippen LogP contribution < -0.4 is 10.1 Å². The highest BCUT2D eigenvalue weighted by Gasteiger charge is 2.24. The first kappa shape index (κ1) is 23.6. The number of pyridine rings is 1. The molecule has 1 aliphatic rings. The van der Waals surface area contributed by atoms with Gasteiger partial charge in [-0.25, -0.2) is 15.0 Å². The number of fused-ring (bicyclic) bond motifs is 1. The Hall–Kier alpha value is -3.03. The van der Waals surface area contributed by atoms with E-state index < -0.39 is 5.92 Å². The average Bonchev–Trinajstić information content (AvgIpc) is 2.82. The summed E-state index contributed by atoms with van der Waals surface area (Å²) in [5, 5.41) is 3.36. The smallest absolute Gasteiger partial charge is 0.316 e. The van der Waals surface area contributed by atoms with Crippen LogP contribution in [0.5, 0.6) is 6.01 Å². The lowest BCUT2D eigenvalue weighted by molar-refractivity contribution is -0.145. The highest BCUT2D eigenvalue weighted by molar-refractivity contribution is 5.81. The fourth-order valence-corrected chi connectivity index (χ4v) is 3.84. The lowest BCUT2D eigenvalue weighted by Gasteiger charge is -2.17. The van der Waals surface area contributed by atoms with E-state index in [4.69, 9.17) is 14.5 Å². The standard InChI is InChI=1S/C24H32N4O4/c1-3-32-23(30)21(18-15-26-24(31-2)27-16-18)13-12-20(29)9-5-4-8-19-11-10-17-7-6-14-25-22(17)28-19/h10-11,15-16,21H,3-9,12-14H2,1-2H3,(H,25,28)/t21-/m1/s1. The Morgan fingerprint density at radius 3 is 2.72 bits per heavy atom. The predicted octanol–water partition coefficient (Wildman–Crippen LogP) is 3.65. The molecule has 1 atom stereocenters. The van der Waals surface area contributed by atoms with Gasteiger partial charge in [0.2, 0.25) is 0 Å². The number of ketones is 1. The fraction of sp³-hybridized carbons (Fsp3) is 0.542. The molecule has 2 aromatic heterocycles. The summed E-state index contributed by atoms with van der Waals surface area (Å²) in [6.07, 6.45) is 9.11. The maximum Gasteiger partial charge on any atom is 0.316 e. The molecule has 3 heterocycles. The molecular formula is C24H32N4O4. The van der Waals surface area contributed by atoms with Crippen LogP contribution in [-0.4, -0.2) is 47.0 Å². The normalized spacial score (nSPS) is 13.6. The van der Waals surface area contributed by atoms with Crippen molar-refractivity contribution in [2.75, 3.05) is 25.6 Å². The molecule has 0 spiro atoms. The lowest BCUT2D eigenvalue weighted by Crippen LogP contribution is -2.18. The van der Waals surface area contributed by atoms with Gasteiger partial charge in [0.25, 0.3) is 0 Å². The van der Waals surface area contributed by atoms with Crippen molar-refractivity contribution in [2.45, 2.75) is 64.2 Å². The van der Waals surface area contributed by atoms with Gasteiger partial charge in [-0.3, -0.25) is 9.59 Å². The van der Waals surface area contributed by atoms with Crippen molar-refractivity contribution < 1.29 is 19.1 Å². The molecule has 0 unspecified atom stereocenters. The molecule has 32 heavy (non-hydrogen) atoms. The molecule has 8 heteroatoms. The first-order valence-corrected chi connectivity index (χ1v) is 11.4. The number of unbranched alkanes of at least 4 members (excludes halogenated alkanes) is 1. The van der Waals surface area contributed by atoms with Crippen molar-refractivity contribution in [3.8, 4) is 6.01 Å². The summed E-state index contributed by atoms with van der Waals surface area (Å²) in [6.45, 7) is 3.03. The van der Waals surface area contributed by atoms with Crippen LogP contribution in [0, 0.1) is 0 Å². The maximum absolute atomic E-state index is 12.4. The van der Waals surface area contributed by atoms with E-state index in [1.807, 2.05) is 0 Å². The third kappa shape index (κ3) is 6.73. The zero-order valence-electron chi connectivity index (χ0n) is 18.9. The number of carbonyl (C=O) groups excluding carboxylic acids is 2. The Morgan fingerprint density at radius 2 is 1.97 bits per heavy atom. The van der Waals surface area contributed by atoms with E-state index in [9.17, 15) is 9.59 Å². The van der Waals surface area contributed by atoms with Crippen LogP contribution in [0.1, 0.15) is 68.2 Å². The van der Waals surface area contributed by atoms with Gasteiger partial charge in [-0.1, -0.05) is 6.07 Å². The molecule has 0 bridgehead atoms. The van der Waals surface area contributed by atoms with Gasteiger partial charge >= 0.3 is 12.0 Å². The van der Waals surface area contributed by atoms with E-state index in [0.717, 1.165) is 50.2 Å². The van der Waals surface area contributed by atoms with Crippen LogP contribution in [0.2, 0.25) is 0 Å². The highest BCUT2D eigenvalue weighted by Crippen LogP contribution is 2.24. The number of rotatable bonds is 12. The van der Waals surface area contributed by atoms with Crippen molar-refractivity contribution in [3.05, 3.63) is 41.3 Å². The molecule has 0 fully saturated rings. The van der Waals surface area contributed by atoms with E-state index >= 15 is 0 Å². The van der Waals surface area contributed by atoms with Crippen LogP contribution in [0.15, 0.2) is 24.5 Å². The Labute approximate surface area is 189 Å². The topological polar surface area (TPSA) is 103 Å². The number of ether oxygens (including phenoxy) is 2. The molecule has 0 aromatic carbocycles. The van der Waals surface area contributed by atoms with Crippen molar-refractivity contribution in [2.24, 2.45) is 0 Å². The summed E-state index contributed by atoms with van der Waals surface area (Å²) in [5.41, 5.74) is 2.98. The molecule has 1 N–H and O–H groups in total. The summed E-state index contributed by atoms with van der Waals surface area (Å²) in [7, 11) is 1.48. The van der Waals surface area contributed by atoms with Gasteiger partial charge in [0, 0.05) is 43.0 Å². The minimum Gasteiger partial charge on any atom is -0.467 e. The van der Waals surface area contributed by atoms with Crippen molar-refractivity contribution in [3.63, 3.8) is 0 Å². The van der Waals surface area contributed by atoms with Crippen LogP contribution in [0.3, 0.4) is 0 Å². The lowest BCUT2D eigenvalue weighted by atomic mass is 9.94. The Kier molecular flexibility index (Phi) is 8.95. The number of nitrogens with one attached hydrogen (secondary N) is 1. The third-order valence-corrected chi connectivity index (χ3v) is 5.61. The number of nitrogens with zero attached hydrogens (tertiary/aromatic N) is 3. The van der Waals surface area contributed by atoms with E-state index in [1.54, 1.807) is 19.3 Å². The monoisotopic (exact) mass is 440 g/mol. The number of anilines is 1. The Bertz CT molecular complexity index is 901. The number of aromatic nitrogens is 3. The number of carbonyl (C=O) groups is 2. The van der Waals surface area contributed by atoms with Gasteiger partial charge in [0.1, 0.15) is 11.6 Å². The number of hydrogen-bond acceptors (Lipinski definition) is 8. The summed E-state index contributed by atoms with van der Waals surface area (Å²) in [6, 6.07) is 4.48.